The highest BCUT2D eigenvalue weighted by molar-refractivity contribution is 14.1. The molecule has 7 heteroatoms. The Labute approximate surface area is 135 Å². The minimum Gasteiger partial charge on any atom is -0.330 e. The Morgan fingerprint density at radius 3 is 2.42 bits per heavy atom. The highest BCUT2D eigenvalue weighted by atomic mass is 127. The normalized spacial score (nSPS) is 12.3. The van der Waals surface area contributed by atoms with Gasteiger partial charge in [-0.3, -0.25) is 0 Å². The number of hydrogen-bond acceptors (Lipinski definition) is 3. The molecule has 0 aliphatic heterocycles. The summed E-state index contributed by atoms with van der Waals surface area (Å²) >= 11 is 2.10. The molecule has 1 aromatic rings. The fourth-order valence-electron chi connectivity index (χ4n) is 1.56. The van der Waals surface area contributed by atoms with Crippen molar-refractivity contribution in [3.8, 4) is 0 Å². The highest BCUT2D eigenvalue weighted by Gasteiger charge is 2.27. The van der Waals surface area contributed by atoms with Crippen molar-refractivity contribution >= 4 is 45.0 Å². The van der Waals surface area contributed by atoms with Gasteiger partial charge in [0.05, 0.1) is 4.90 Å². The zero-order valence-electron chi connectivity index (χ0n) is 11.3. The zero-order valence-corrected chi connectivity index (χ0v) is 15.0. The van der Waals surface area contributed by atoms with Crippen LogP contribution in [0, 0.1) is 8.99 Å². The molecule has 0 fully saturated rings. The molecule has 0 aromatic heterocycles. The summed E-state index contributed by atoms with van der Waals surface area (Å²) in [5.74, 6) is 0. The fraction of sp³-hybridized carbons (Fsp3) is 0.500. The van der Waals surface area contributed by atoms with Gasteiger partial charge in [-0.15, -0.1) is 12.4 Å². The van der Waals surface area contributed by atoms with E-state index in [1.165, 1.54) is 4.31 Å². The second kappa shape index (κ2) is 7.21. The average molecular weight is 419 g/mol. The summed E-state index contributed by atoms with van der Waals surface area (Å²) in [5.41, 5.74) is 5.41. The molecule has 0 aliphatic rings. The Balaban J connectivity index is 0.00000324. The minimum atomic E-state index is -3.43. The third-order valence-electron chi connectivity index (χ3n) is 2.71. The number of rotatable bonds is 5. The van der Waals surface area contributed by atoms with Gasteiger partial charge >= 0.3 is 0 Å². The maximum Gasteiger partial charge on any atom is 0.242 e. The van der Waals surface area contributed by atoms with Gasteiger partial charge in [-0.1, -0.05) is 19.9 Å². The minimum absolute atomic E-state index is 0. The first-order valence-electron chi connectivity index (χ1n) is 5.61. The van der Waals surface area contributed by atoms with E-state index in [2.05, 4.69) is 22.6 Å². The Kier molecular flexibility index (Phi) is 7.26. The molecular formula is C12H20ClIN2O2S. The molecular weight excluding hydrogens is 399 g/mol. The van der Waals surface area contributed by atoms with E-state index >= 15 is 0 Å². The average Bonchev–Trinajstić information content (AvgIpc) is 2.28. The summed E-state index contributed by atoms with van der Waals surface area (Å²) in [6.07, 6.45) is 0. The van der Waals surface area contributed by atoms with E-state index in [1.807, 2.05) is 19.9 Å². The molecule has 0 atom stereocenters. The molecule has 0 saturated heterocycles. The smallest absolute Gasteiger partial charge is 0.242 e. The van der Waals surface area contributed by atoms with E-state index in [-0.39, 0.29) is 17.8 Å². The molecule has 4 nitrogen and oxygen atoms in total. The lowest BCUT2D eigenvalue weighted by atomic mass is 9.94. The zero-order chi connectivity index (χ0) is 14.0. The van der Waals surface area contributed by atoms with Gasteiger partial charge in [0, 0.05) is 17.2 Å². The Morgan fingerprint density at radius 2 is 1.95 bits per heavy atom. The number of halogens is 2. The summed E-state index contributed by atoms with van der Waals surface area (Å²) in [6.45, 7) is 4.75. The maximum atomic E-state index is 12.4. The fourth-order valence-corrected chi connectivity index (χ4v) is 3.72. The second-order valence-corrected chi connectivity index (χ2v) is 8.38. The van der Waals surface area contributed by atoms with Crippen LogP contribution in [-0.4, -0.2) is 32.9 Å². The van der Waals surface area contributed by atoms with Crippen LogP contribution in [-0.2, 0) is 10.0 Å². The van der Waals surface area contributed by atoms with Crippen molar-refractivity contribution in [3.05, 3.63) is 27.8 Å². The van der Waals surface area contributed by atoms with E-state index in [0.717, 1.165) is 3.57 Å². The van der Waals surface area contributed by atoms with Crippen LogP contribution in [0.15, 0.2) is 29.2 Å². The van der Waals surface area contributed by atoms with Crippen LogP contribution in [0.25, 0.3) is 0 Å². The van der Waals surface area contributed by atoms with Crippen LogP contribution in [0.5, 0.6) is 0 Å². The molecule has 1 aromatic carbocycles. The molecule has 110 valence electrons. The van der Waals surface area contributed by atoms with Gasteiger partial charge in [0.2, 0.25) is 10.0 Å². The summed E-state index contributed by atoms with van der Waals surface area (Å²) in [6, 6.07) is 6.89. The van der Waals surface area contributed by atoms with Crippen molar-refractivity contribution in [3.63, 3.8) is 0 Å². The monoisotopic (exact) mass is 418 g/mol. The summed E-state index contributed by atoms with van der Waals surface area (Å²) in [5, 5.41) is 0. The van der Waals surface area contributed by atoms with E-state index < -0.39 is 10.0 Å². The van der Waals surface area contributed by atoms with Gasteiger partial charge in [0.15, 0.2) is 0 Å². The van der Waals surface area contributed by atoms with Crippen molar-refractivity contribution in [2.75, 3.05) is 20.1 Å². The lowest BCUT2D eigenvalue weighted by Crippen LogP contribution is -2.39. The Morgan fingerprint density at radius 1 is 1.37 bits per heavy atom. The molecule has 0 amide bonds. The Bertz CT molecular complexity index is 520. The molecule has 0 radical (unpaired) electrons. The quantitative estimate of drug-likeness (QED) is 0.747. The number of nitrogens with zero attached hydrogens (tertiary/aromatic N) is 1. The first kappa shape index (κ1) is 19.1. The number of sulfonamides is 1. The number of hydrogen-bond donors (Lipinski definition) is 1. The topological polar surface area (TPSA) is 63.4 Å². The van der Waals surface area contributed by atoms with E-state index in [0.29, 0.717) is 18.0 Å². The molecule has 0 saturated carbocycles. The molecule has 19 heavy (non-hydrogen) atoms. The predicted octanol–water partition coefficient (Wildman–Crippen LogP) is 2.32. The summed E-state index contributed by atoms with van der Waals surface area (Å²) in [7, 11) is -1.84. The van der Waals surface area contributed by atoms with E-state index in [1.54, 1.807) is 25.2 Å². The van der Waals surface area contributed by atoms with Crippen molar-refractivity contribution in [2.45, 2.75) is 18.7 Å². The number of nitrogens with two attached hydrogens (primary N) is 1. The van der Waals surface area contributed by atoms with Crippen LogP contribution in [0.4, 0.5) is 0 Å². The highest BCUT2D eigenvalue weighted by Crippen LogP contribution is 2.21. The predicted molar refractivity (Wildman–Crippen MR) is 89.1 cm³/mol. The Hall–Kier alpha value is 0.110. The lowest BCUT2D eigenvalue weighted by molar-refractivity contribution is 0.292. The molecule has 0 unspecified atom stereocenters. The van der Waals surface area contributed by atoms with E-state index in [4.69, 9.17) is 5.73 Å². The molecule has 0 heterocycles. The van der Waals surface area contributed by atoms with Crippen LogP contribution in [0.1, 0.15) is 13.8 Å². The SMILES string of the molecule is CN(CC(C)(C)CN)S(=O)(=O)c1cccc(I)c1.Cl. The third-order valence-corrected chi connectivity index (χ3v) is 5.18. The molecule has 0 aliphatic carbocycles. The van der Waals surface area contributed by atoms with Crippen molar-refractivity contribution < 1.29 is 8.42 Å². The van der Waals surface area contributed by atoms with Gasteiger partial charge in [-0.2, -0.15) is 0 Å². The molecule has 0 bridgehead atoms. The van der Waals surface area contributed by atoms with Crippen LogP contribution in [0.2, 0.25) is 0 Å². The molecule has 0 spiro atoms. The molecule has 1 rings (SSSR count). The maximum absolute atomic E-state index is 12.4. The molecule has 2 N–H and O–H groups in total. The first-order chi connectivity index (χ1) is 8.19. The van der Waals surface area contributed by atoms with Crippen molar-refractivity contribution in [1.29, 1.82) is 0 Å². The summed E-state index contributed by atoms with van der Waals surface area (Å²) < 4.78 is 27.0. The van der Waals surface area contributed by atoms with Gasteiger partial charge in [0.25, 0.3) is 0 Å². The number of benzene rings is 1. The first-order valence-corrected chi connectivity index (χ1v) is 8.13. The van der Waals surface area contributed by atoms with Crippen LogP contribution in [0.3, 0.4) is 0 Å². The van der Waals surface area contributed by atoms with Crippen LogP contribution < -0.4 is 5.73 Å². The second-order valence-electron chi connectivity index (χ2n) is 5.09. The largest absolute Gasteiger partial charge is 0.330 e. The lowest BCUT2D eigenvalue weighted by Gasteiger charge is -2.28. The van der Waals surface area contributed by atoms with Crippen LogP contribution >= 0.6 is 35.0 Å². The van der Waals surface area contributed by atoms with Gasteiger partial charge < -0.3 is 5.73 Å². The van der Waals surface area contributed by atoms with Crippen molar-refractivity contribution in [1.82, 2.24) is 4.31 Å². The van der Waals surface area contributed by atoms with Crippen molar-refractivity contribution in [2.24, 2.45) is 11.1 Å². The van der Waals surface area contributed by atoms with E-state index in [9.17, 15) is 8.42 Å². The van der Waals surface area contributed by atoms with Gasteiger partial charge in [-0.05, 0) is 52.7 Å². The standard InChI is InChI=1S/C12H19IN2O2S.ClH/c1-12(2,8-14)9-15(3)18(16,17)11-6-4-5-10(13)7-11;/h4-7H,8-9,14H2,1-3H3;1H. The van der Waals surface area contributed by atoms with Gasteiger partial charge in [0.1, 0.15) is 0 Å². The van der Waals surface area contributed by atoms with Gasteiger partial charge in [-0.25, -0.2) is 12.7 Å². The summed E-state index contributed by atoms with van der Waals surface area (Å²) in [4.78, 5) is 0.324. The third kappa shape index (κ3) is 5.18.